The lowest BCUT2D eigenvalue weighted by Crippen LogP contribution is -2.29. The molecule has 3 rings (SSSR count). The molecule has 0 radical (unpaired) electrons. The Hall–Kier alpha value is -2.64. The van der Waals surface area contributed by atoms with Crippen molar-refractivity contribution >= 4 is 5.91 Å². The maximum absolute atomic E-state index is 12.6. The lowest BCUT2D eigenvalue weighted by atomic mass is 10.2. The van der Waals surface area contributed by atoms with Crippen molar-refractivity contribution in [3.63, 3.8) is 0 Å². The van der Waals surface area contributed by atoms with Gasteiger partial charge >= 0.3 is 0 Å². The fraction of sp³-hybridized carbons (Fsp3) is 0.500. The number of rotatable bonds is 7. The highest BCUT2D eigenvalue weighted by molar-refractivity contribution is 5.96. The van der Waals surface area contributed by atoms with Crippen molar-refractivity contribution in [2.24, 2.45) is 0 Å². The largest absolute Gasteiger partial charge is 0.481 e. The Morgan fingerprint density at radius 3 is 2.75 bits per heavy atom. The number of amides is 1. The molecule has 1 saturated carbocycles. The van der Waals surface area contributed by atoms with Gasteiger partial charge in [-0.15, -0.1) is 0 Å². The van der Waals surface area contributed by atoms with E-state index >= 15 is 0 Å². The highest BCUT2D eigenvalue weighted by Gasteiger charge is 2.29. The first-order valence-electron chi connectivity index (χ1n) is 7.79. The molecule has 1 aliphatic rings. The highest BCUT2D eigenvalue weighted by atomic mass is 16.5. The van der Waals surface area contributed by atoms with Crippen molar-refractivity contribution < 1.29 is 18.8 Å². The van der Waals surface area contributed by atoms with E-state index in [1.165, 1.54) is 14.2 Å². The van der Waals surface area contributed by atoms with Crippen LogP contribution >= 0.6 is 0 Å². The number of hydrogen-bond acceptors (Lipinski definition) is 7. The second-order valence-electron chi connectivity index (χ2n) is 5.71. The Morgan fingerprint density at radius 1 is 1.29 bits per heavy atom. The smallest absolute Gasteiger partial charge is 0.259 e. The van der Waals surface area contributed by atoms with Crippen LogP contribution in [0.25, 0.3) is 0 Å². The van der Waals surface area contributed by atoms with Gasteiger partial charge in [0.25, 0.3) is 5.91 Å². The predicted octanol–water partition coefficient (Wildman–Crippen LogP) is 1.67. The summed E-state index contributed by atoms with van der Waals surface area (Å²) >= 11 is 0. The van der Waals surface area contributed by atoms with Gasteiger partial charge in [-0.2, -0.15) is 9.97 Å². The van der Waals surface area contributed by atoms with Gasteiger partial charge in [0.1, 0.15) is 5.56 Å². The summed E-state index contributed by atoms with van der Waals surface area (Å²) < 4.78 is 15.4. The zero-order valence-corrected chi connectivity index (χ0v) is 14.0. The Bertz CT molecular complexity index is 727. The van der Waals surface area contributed by atoms with Crippen LogP contribution in [0.3, 0.4) is 0 Å². The van der Waals surface area contributed by atoms with E-state index in [4.69, 9.17) is 14.0 Å². The molecule has 1 aliphatic carbocycles. The second kappa shape index (κ2) is 6.86. The molecule has 1 amide bonds. The molecule has 0 atom stereocenters. The fourth-order valence-corrected chi connectivity index (χ4v) is 2.30. The minimum absolute atomic E-state index is 0.187. The van der Waals surface area contributed by atoms with E-state index in [-0.39, 0.29) is 11.8 Å². The normalized spacial score (nSPS) is 13.6. The SMILES string of the molecule is COc1ccc(C(=O)N(C)CCc2noc(C3CC3)n2)c(OC)n1. The van der Waals surface area contributed by atoms with E-state index in [9.17, 15) is 4.79 Å². The number of ether oxygens (including phenoxy) is 2. The predicted molar refractivity (Wildman–Crippen MR) is 84.3 cm³/mol. The van der Waals surface area contributed by atoms with Gasteiger partial charge in [-0.05, 0) is 18.9 Å². The third kappa shape index (κ3) is 3.47. The quantitative estimate of drug-likeness (QED) is 0.761. The summed E-state index contributed by atoms with van der Waals surface area (Å²) in [4.78, 5) is 22.6. The van der Waals surface area contributed by atoms with Gasteiger partial charge in [0, 0.05) is 32.0 Å². The van der Waals surface area contributed by atoms with Crippen LogP contribution in [0.15, 0.2) is 16.7 Å². The van der Waals surface area contributed by atoms with Crippen LogP contribution in [0, 0.1) is 0 Å². The zero-order chi connectivity index (χ0) is 17.1. The third-order valence-electron chi connectivity index (χ3n) is 3.90. The van der Waals surface area contributed by atoms with E-state index in [1.807, 2.05) is 0 Å². The first kappa shape index (κ1) is 16.2. The molecule has 0 N–H and O–H groups in total. The molecular formula is C16H20N4O4. The van der Waals surface area contributed by atoms with E-state index < -0.39 is 0 Å². The summed E-state index contributed by atoms with van der Waals surface area (Å²) in [7, 11) is 4.70. The fourth-order valence-electron chi connectivity index (χ4n) is 2.30. The lowest BCUT2D eigenvalue weighted by molar-refractivity contribution is 0.0791. The van der Waals surface area contributed by atoms with Crippen molar-refractivity contribution in [2.45, 2.75) is 25.2 Å². The first-order chi connectivity index (χ1) is 11.6. The van der Waals surface area contributed by atoms with Crippen molar-refractivity contribution in [1.82, 2.24) is 20.0 Å². The summed E-state index contributed by atoms with van der Waals surface area (Å²) in [5.74, 6) is 2.21. The third-order valence-corrected chi connectivity index (χ3v) is 3.90. The van der Waals surface area contributed by atoms with Gasteiger partial charge in [-0.3, -0.25) is 4.79 Å². The topological polar surface area (TPSA) is 90.6 Å². The number of aromatic nitrogens is 3. The van der Waals surface area contributed by atoms with Crippen molar-refractivity contribution in [3.05, 3.63) is 29.4 Å². The minimum Gasteiger partial charge on any atom is -0.481 e. The number of hydrogen-bond donors (Lipinski definition) is 0. The summed E-state index contributed by atoms with van der Waals surface area (Å²) in [6.45, 7) is 0.470. The molecule has 2 heterocycles. The van der Waals surface area contributed by atoms with Gasteiger partial charge in [-0.1, -0.05) is 5.16 Å². The average molecular weight is 332 g/mol. The lowest BCUT2D eigenvalue weighted by Gasteiger charge is -2.17. The van der Waals surface area contributed by atoms with Crippen molar-refractivity contribution in [1.29, 1.82) is 0 Å². The molecule has 0 aliphatic heterocycles. The van der Waals surface area contributed by atoms with Gasteiger partial charge in [0.2, 0.25) is 17.7 Å². The molecule has 0 bridgehead atoms. The average Bonchev–Trinajstić information content (AvgIpc) is 3.36. The monoisotopic (exact) mass is 332 g/mol. The molecule has 0 unspecified atom stereocenters. The summed E-state index contributed by atoms with van der Waals surface area (Å²) in [6, 6.07) is 3.27. The molecule has 0 spiro atoms. The molecule has 8 heteroatoms. The summed E-state index contributed by atoms with van der Waals surface area (Å²) in [6.07, 6.45) is 2.76. The molecule has 24 heavy (non-hydrogen) atoms. The van der Waals surface area contributed by atoms with Crippen LogP contribution in [0.2, 0.25) is 0 Å². The molecular weight excluding hydrogens is 312 g/mol. The van der Waals surface area contributed by atoms with Crippen LogP contribution in [0.4, 0.5) is 0 Å². The second-order valence-corrected chi connectivity index (χ2v) is 5.71. The van der Waals surface area contributed by atoms with Gasteiger partial charge in [-0.25, -0.2) is 0 Å². The Kier molecular flexibility index (Phi) is 4.64. The minimum atomic E-state index is -0.187. The summed E-state index contributed by atoms with van der Waals surface area (Å²) in [5, 5.41) is 3.96. The number of carbonyl (C=O) groups excluding carboxylic acids is 1. The first-order valence-corrected chi connectivity index (χ1v) is 7.79. The number of methoxy groups -OCH3 is 2. The summed E-state index contributed by atoms with van der Waals surface area (Å²) in [5.41, 5.74) is 0.382. The number of nitrogens with zero attached hydrogens (tertiary/aromatic N) is 4. The van der Waals surface area contributed by atoms with Crippen LogP contribution < -0.4 is 9.47 Å². The molecule has 1 fully saturated rings. The van der Waals surface area contributed by atoms with E-state index in [0.717, 1.165) is 12.8 Å². The zero-order valence-electron chi connectivity index (χ0n) is 14.0. The molecule has 2 aromatic rings. The highest BCUT2D eigenvalue weighted by Crippen LogP contribution is 2.38. The number of carbonyl (C=O) groups is 1. The van der Waals surface area contributed by atoms with E-state index in [2.05, 4.69) is 15.1 Å². The van der Waals surface area contributed by atoms with Gasteiger partial charge < -0.3 is 18.9 Å². The maximum atomic E-state index is 12.6. The standard InChI is InChI=1S/C16H20N4O4/c1-20(9-8-12-17-14(24-19-12)10-4-5-10)16(21)11-6-7-13(22-2)18-15(11)23-3/h6-7,10H,4-5,8-9H2,1-3H3. The van der Waals surface area contributed by atoms with E-state index in [1.54, 1.807) is 24.1 Å². The van der Waals surface area contributed by atoms with Crippen molar-refractivity contribution in [3.8, 4) is 11.8 Å². The molecule has 2 aromatic heterocycles. The number of pyridine rings is 1. The van der Waals surface area contributed by atoms with Gasteiger partial charge in [0.05, 0.1) is 14.2 Å². The molecule has 0 saturated heterocycles. The molecule has 8 nitrogen and oxygen atoms in total. The van der Waals surface area contributed by atoms with Crippen LogP contribution in [-0.4, -0.2) is 53.7 Å². The Morgan fingerprint density at radius 2 is 2.08 bits per heavy atom. The van der Waals surface area contributed by atoms with Crippen LogP contribution in [-0.2, 0) is 6.42 Å². The van der Waals surface area contributed by atoms with Crippen LogP contribution in [0.1, 0.15) is 40.8 Å². The molecule has 0 aromatic carbocycles. The van der Waals surface area contributed by atoms with Gasteiger partial charge in [0.15, 0.2) is 5.82 Å². The Balaban J connectivity index is 1.63. The Labute approximate surface area is 139 Å². The van der Waals surface area contributed by atoms with Crippen molar-refractivity contribution in [2.75, 3.05) is 27.8 Å². The van der Waals surface area contributed by atoms with Crippen LogP contribution in [0.5, 0.6) is 11.8 Å². The molecule has 128 valence electrons. The maximum Gasteiger partial charge on any atom is 0.259 e. The van der Waals surface area contributed by atoms with E-state index in [0.29, 0.717) is 42.0 Å². The number of likely N-dealkylation sites (N-methyl/N-ethyl adjacent to an activating group) is 1.